The van der Waals surface area contributed by atoms with E-state index in [1.54, 1.807) is 0 Å². The Bertz CT molecular complexity index is 444. The fourth-order valence-corrected chi connectivity index (χ4v) is 2.61. The summed E-state index contributed by atoms with van der Waals surface area (Å²) in [5.74, 6) is 0.204. The molecule has 21 heavy (non-hydrogen) atoms. The highest BCUT2D eigenvalue weighted by Crippen LogP contribution is 2.23. The van der Waals surface area contributed by atoms with Crippen molar-refractivity contribution in [1.29, 1.82) is 0 Å². The average Bonchev–Trinajstić information content (AvgIpc) is 2.78. The number of carboxylic acids is 1. The van der Waals surface area contributed by atoms with E-state index in [4.69, 9.17) is 9.84 Å². The van der Waals surface area contributed by atoms with Gasteiger partial charge in [-0.15, -0.1) is 0 Å². The van der Waals surface area contributed by atoms with Gasteiger partial charge in [-0.3, -0.25) is 4.79 Å². The molecular weight excluding hydrogens is 288 g/mol. The number of rotatable bonds is 10. The summed E-state index contributed by atoms with van der Waals surface area (Å²) < 4.78 is 7.74. The summed E-state index contributed by atoms with van der Waals surface area (Å²) in [4.78, 5) is 15.0. The van der Waals surface area contributed by atoms with E-state index in [1.165, 1.54) is 11.8 Å². The fraction of sp³-hybridized carbons (Fsp3) is 0.733. The van der Waals surface area contributed by atoms with Gasteiger partial charge in [0.05, 0.1) is 12.4 Å². The zero-order valence-electron chi connectivity index (χ0n) is 13.3. The fourth-order valence-electron chi connectivity index (χ4n) is 1.88. The molecule has 0 aliphatic heterocycles. The average molecular weight is 314 g/mol. The number of nitrogens with zero attached hydrogens (tertiary/aromatic N) is 2. The van der Waals surface area contributed by atoms with Crippen molar-refractivity contribution in [3.8, 4) is 0 Å². The molecule has 1 heterocycles. The van der Waals surface area contributed by atoms with Crippen LogP contribution in [-0.4, -0.2) is 39.6 Å². The summed E-state index contributed by atoms with van der Waals surface area (Å²) in [6.07, 6.45) is 2.89. The lowest BCUT2D eigenvalue weighted by atomic mass is 10.1. The molecule has 0 saturated carbocycles. The van der Waals surface area contributed by atoms with Crippen molar-refractivity contribution in [3.05, 3.63) is 11.9 Å². The van der Waals surface area contributed by atoms with Crippen LogP contribution in [0.1, 0.15) is 45.7 Å². The van der Waals surface area contributed by atoms with Gasteiger partial charge in [-0.05, 0) is 18.3 Å². The standard InChI is InChI=1S/C15H26N2O3S/c1-11(2)5-7-20-8-6-17-13(12(3)4)9-16-15(17)21-10-14(18)19/h9,11-12H,5-8,10H2,1-4H3,(H,18,19). The van der Waals surface area contributed by atoms with E-state index in [9.17, 15) is 4.79 Å². The van der Waals surface area contributed by atoms with E-state index in [2.05, 4.69) is 37.2 Å². The molecule has 1 aromatic heterocycles. The largest absolute Gasteiger partial charge is 0.481 e. The Hall–Kier alpha value is -1.01. The van der Waals surface area contributed by atoms with Crippen LogP contribution in [0.2, 0.25) is 0 Å². The maximum absolute atomic E-state index is 10.7. The molecular formula is C15H26N2O3S. The first kappa shape index (κ1) is 18.0. The predicted molar refractivity (Wildman–Crippen MR) is 84.9 cm³/mol. The maximum Gasteiger partial charge on any atom is 0.313 e. The predicted octanol–water partition coefficient (Wildman–Crippen LogP) is 3.25. The Morgan fingerprint density at radius 2 is 2.10 bits per heavy atom. The topological polar surface area (TPSA) is 64.4 Å². The molecule has 6 heteroatoms. The lowest BCUT2D eigenvalue weighted by molar-refractivity contribution is -0.133. The number of imidazole rings is 1. The molecule has 1 aromatic rings. The normalized spacial score (nSPS) is 11.5. The molecule has 120 valence electrons. The van der Waals surface area contributed by atoms with Gasteiger partial charge < -0.3 is 14.4 Å². The van der Waals surface area contributed by atoms with Gasteiger partial charge in [-0.2, -0.15) is 0 Å². The lowest BCUT2D eigenvalue weighted by Crippen LogP contribution is -2.12. The minimum atomic E-state index is -0.825. The minimum absolute atomic E-state index is 0.0305. The summed E-state index contributed by atoms with van der Waals surface area (Å²) in [5.41, 5.74) is 1.12. The van der Waals surface area contributed by atoms with Gasteiger partial charge in [-0.25, -0.2) is 4.98 Å². The molecule has 0 atom stereocenters. The quantitative estimate of drug-likeness (QED) is 0.530. The highest BCUT2D eigenvalue weighted by molar-refractivity contribution is 7.99. The molecule has 5 nitrogen and oxygen atoms in total. The van der Waals surface area contributed by atoms with Crippen LogP contribution in [0.4, 0.5) is 0 Å². The summed E-state index contributed by atoms with van der Waals surface area (Å²) in [7, 11) is 0. The lowest BCUT2D eigenvalue weighted by Gasteiger charge is -2.14. The van der Waals surface area contributed by atoms with Crippen LogP contribution >= 0.6 is 11.8 Å². The molecule has 0 aliphatic carbocycles. The summed E-state index contributed by atoms with van der Waals surface area (Å²) in [6, 6.07) is 0. The number of hydrogen-bond acceptors (Lipinski definition) is 4. The van der Waals surface area contributed by atoms with Crippen LogP contribution < -0.4 is 0 Å². The van der Waals surface area contributed by atoms with E-state index in [0.29, 0.717) is 25.0 Å². The van der Waals surface area contributed by atoms with Crippen molar-refractivity contribution in [2.45, 2.75) is 51.7 Å². The second-order valence-electron chi connectivity index (χ2n) is 5.75. The van der Waals surface area contributed by atoms with Gasteiger partial charge in [0.25, 0.3) is 0 Å². The molecule has 0 aliphatic rings. The molecule has 1 N–H and O–H groups in total. The molecule has 1 rings (SSSR count). The second-order valence-corrected chi connectivity index (χ2v) is 6.69. The molecule has 0 fully saturated rings. The Morgan fingerprint density at radius 3 is 2.67 bits per heavy atom. The van der Waals surface area contributed by atoms with Crippen molar-refractivity contribution in [3.63, 3.8) is 0 Å². The van der Waals surface area contributed by atoms with Gasteiger partial charge in [-0.1, -0.05) is 39.5 Å². The van der Waals surface area contributed by atoms with Crippen LogP contribution in [-0.2, 0) is 16.1 Å². The van der Waals surface area contributed by atoms with Crippen LogP contribution in [0.15, 0.2) is 11.4 Å². The number of aliphatic carboxylic acids is 1. The van der Waals surface area contributed by atoms with Crippen molar-refractivity contribution in [2.24, 2.45) is 5.92 Å². The van der Waals surface area contributed by atoms with Crippen molar-refractivity contribution in [1.82, 2.24) is 9.55 Å². The van der Waals surface area contributed by atoms with Gasteiger partial charge >= 0.3 is 5.97 Å². The number of carboxylic acid groups (broad SMARTS) is 1. The smallest absolute Gasteiger partial charge is 0.313 e. The first-order chi connectivity index (χ1) is 9.91. The first-order valence-electron chi connectivity index (χ1n) is 7.39. The Labute approximate surface area is 131 Å². The third-order valence-corrected chi connectivity index (χ3v) is 4.04. The zero-order valence-corrected chi connectivity index (χ0v) is 14.2. The molecule has 0 amide bonds. The molecule has 0 spiro atoms. The molecule has 0 bridgehead atoms. The number of aromatic nitrogens is 2. The van der Waals surface area contributed by atoms with E-state index in [-0.39, 0.29) is 5.75 Å². The monoisotopic (exact) mass is 314 g/mol. The first-order valence-corrected chi connectivity index (χ1v) is 8.38. The number of thioether (sulfide) groups is 1. The Balaban J connectivity index is 2.59. The van der Waals surface area contributed by atoms with E-state index in [1.807, 2.05) is 6.20 Å². The highest BCUT2D eigenvalue weighted by atomic mass is 32.2. The van der Waals surface area contributed by atoms with E-state index >= 15 is 0 Å². The summed E-state index contributed by atoms with van der Waals surface area (Å²) >= 11 is 1.26. The number of hydrogen-bond donors (Lipinski definition) is 1. The zero-order chi connectivity index (χ0) is 15.8. The van der Waals surface area contributed by atoms with Crippen molar-refractivity contribution in [2.75, 3.05) is 19.0 Å². The van der Waals surface area contributed by atoms with E-state index < -0.39 is 5.97 Å². The molecule has 0 saturated heterocycles. The van der Waals surface area contributed by atoms with Gasteiger partial charge in [0, 0.05) is 25.0 Å². The van der Waals surface area contributed by atoms with Crippen LogP contribution in [0.3, 0.4) is 0 Å². The highest BCUT2D eigenvalue weighted by Gasteiger charge is 2.14. The van der Waals surface area contributed by atoms with Crippen molar-refractivity contribution < 1.29 is 14.6 Å². The number of ether oxygens (including phenoxy) is 1. The van der Waals surface area contributed by atoms with Crippen LogP contribution in [0, 0.1) is 5.92 Å². The summed E-state index contributed by atoms with van der Waals surface area (Å²) in [6.45, 7) is 10.7. The van der Waals surface area contributed by atoms with Crippen molar-refractivity contribution >= 4 is 17.7 Å². The van der Waals surface area contributed by atoms with Crippen LogP contribution in [0.25, 0.3) is 0 Å². The number of carbonyl (C=O) groups is 1. The SMILES string of the molecule is CC(C)CCOCCn1c(C(C)C)cnc1SCC(=O)O. The minimum Gasteiger partial charge on any atom is -0.481 e. The molecule has 0 unspecified atom stereocenters. The Morgan fingerprint density at radius 1 is 1.38 bits per heavy atom. The third-order valence-electron chi connectivity index (χ3n) is 3.06. The molecule has 0 radical (unpaired) electrons. The third kappa shape index (κ3) is 6.52. The van der Waals surface area contributed by atoms with E-state index in [0.717, 1.165) is 23.9 Å². The summed E-state index contributed by atoms with van der Waals surface area (Å²) in [5, 5.41) is 9.56. The maximum atomic E-state index is 10.7. The van der Waals surface area contributed by atoms with Gasteiger partial charge in [0.15, 0.2) is 5.16 Å². The van der Waals surface area contributed by atoms with Gasteiger partial charge in [0.1, 0.15) is 0 Å². The second kappa shape index (κ2) is 9.10. The Kier molecular flexibility index (Phi) is 7.82. The van der Waals surface area contributed by atoms with Gasteiger partial charge in [0.2, 0.25) is 0 Å². The molecule has 0 aromatic carbocycles. The van der Waals surface area contributed by atoms with Crippen LogP contribution in [0.5, 0.6) is 0 Å².